The second kappa shape index (κ2) is 7.30. The number of rotatable bonds is 5. The summed E-state index contributed by atoms with van der Waals surface area (Å²) in [7, 11) is 0. The molecule has 0 saturated heterocycles. The molecular formula is C13H20ClNO2. The van der Waals surface area contributed by atoms with Gasteiger partial charge in [0.2, 0.25) is 0 Å². The van der Waals surface area contributed by atoms with Crippen molar-refractivity contribution in [1.29, 1.82) is 0 Å². The van der Waals surface area contributed by atoms with Gasteiger partial charge in [0.15, 0.2) is 0 Å². The quantitative estimate of drug-likeness (QED) is 0.851. The van der Waals surface area contributed by atoms with Crippen molar-refractivity contribution in [2.45, 2.75) is 32.7 Å². The van der Waals surface area contributed by atoms with Crippen molar-refractivity contribution in [2.24, 2.45) is 11.7 Å². The number of halogens is 1. The fraction of sp³-hybridized carbons (Fsp3) is 0.462. The number of hydrogen-bond donors (Lipinski definition) is 2. The average molecular weight is 258 g/mol. The Morgan fingerprint density at radius 1 is 1.18 bits per heavy atom. The third-order valence-corrected chi connectivity index (χ3v) is 2.44. The van der Waals surface area contributed by atoms with E-state index in [-0.39, 0.29) is 12.4 Å². The molecule has 1 aromatic carbocycles. The molecule has 1 atom stereocenters. The van der Waals surface area contributed by atoms with Crippen LogP contribution in [0, 0.1) is 5.92 Å². The van der Waals surface area contributed by atoms with Crippen LogP contribution < -0.4 is 5.73 Å². The minimum atomic E-state index is -0.953. The van der Waals surface area contributed by atoms with E-state index in [2.05, 4.69) is 13.8 Å². The average Bonchev–Trinajstić information content (AvgIpc) is 2.20. The van der Waals surface area contributed by atoms with Gasteiger partial charge < -0.3 is 10.8 Å². The molecule has 0 aliphatic heterocycles. The first-order valence-electron chi connectivity index (χ1n) is 5.55. The number of hydrogen-bond acceptors (Lipinski definition) is 2. The van der Waals surface area contributed by atoms with Gasteiger partial charge >= 0.3 is 5.97 Å². The summed E-state index contributed by atoms with van der Waals surface area (Å²) in [6.45, 7) is 4.35. The summed E-state index contributed by atoms with van der Waals surface area (Å²) in [5.74, 6) is -0.321. The predicted octanol–water partition coefficient (Wildman–Crippen LogP) is 2.26. The standard InChI is InChI=1S/C13H19NO2.ClH/c1-9(2)7-10-3-5-11(6-4-10)8-12(14)13(15)16;/h3-6,9,12H,7-8,14H2,1-2H3,(H,15,16);1H/t12-;/m0./s1. The van der Waals surface area contributed by atoms with Crippen LogP contribution in [-0.4, -0.2) is 17.1 Å². The molecule has 0 aromatic heterocycles. The van der Waals surface area contributed by atoms with E-state index >= 15 is 0 Å². The summed E-state index contributed by atoms with van der Waals surface area (Å²) in [6.07, 6.45) is 1.43. The van der Waals surface area contributed by atoms with Gasteiger partial charge in [-0.2, -0.15) is 0 Å². The Labute approximate surface area is 108 Å². The van der Waals surface area contributed by atoms with Crippen LogP contribution in [0.5, 0.6) is 0 Å². The molecule has 4 heteroatoms. The number of carboxylic acids is 1. The van der Waals surface area contributed by atoms with Gasteiger partial charge in [-0.25, -0.2) is 0 Å². The normalized spacial score (nSPS) is 12.0. The highest BCUT2D eigenvalue weighted by molar-refractivity contribution is 5.85. The molecule has 0 radical (unpaired) electrons. The van der Waals surface area contributed by atoms with E-state index in [0.717, 1.165) is 12.0 Å². The topological polar surface area (TPSA) is 63.3 Å². The van der Waals surface area contributed by atoms with Crippen LogP contribution >= 0.6 is 12.4 Å². The van der Waals surface area contributed by atoms with Crippen LogP contribution in [0.15, 0.2) is 24.3 Å². The van der Waals surface area contributed by atoms with Crippen LogP contribution in [0.4, 0.5) is 0 Å². The third-order valence-electron chi connectivity index (χ3n) is 2.44. The molecule has 0 aliphatic rings. The van der Waals surface area contributed by atoms with Gasteiger partial charge in [0.05, 0.1) is 0 Å². The lowest BCUT2D eigenvalue weighted by atomic mass is 10.00. The van der Waals surface area contributed by atoms with Crippen molar-refractivity contribution < 1.29 is 9.90 Å². The summed E-state index contributed by atoms with van der Waals surface area (Å²) in [4.78, 5) is 10.6. The Morgan fingerprint density at radius 3 is 1.94 bits per heavy atom. The van der Waals surface area contributed by atoms with Crippen LogP contribution in [0.1, 0.15) is 25.0 Å². The molecule has 1 aromatic rings. The maximum atomic E-state index is 10.6. The SMILES string of the molecule is CC(C)Cc1ccc(C[C@H](N)C(=O)O)cc1.Cl. The molecule has 0 fully saturated rings. The van der Waals surface area contributed by atoms with E-state index in [0.29, 0.717) is 12.3 Å². The zero-order valence-corrected chi connectivity index (χ0v) is 11.0. The summed E-state index contributed by atoms with van der Waals surface area (Å²) >= 11 is 0. The largest absolute Gasteiger partial charge is 0.480 e. The molecule has 0 heterocycles. The Bertz CT molecular complexity index is 349. The van der Waals surface area contributed by atoms with Crippen LogP contribution in [0.3, 0.4) is 0 Å². The number of carboxylic acid groups (broad SMARTS) is 1. The number of aliphatic carboxylic acids is 1. The maximum Gasteiger partial charge on any atom is 0.320 e. The van der Waals surface area contributed by atoms with Crippen molar-refractivity contribution in [3.63, 3.8) is 0 Å². The molecule has 0 aliphatic carbocycles. The van der Waals surface area contributed by atoms with E-state index in [1.165, 1.54) is 5.56 Å². The second-order valence-corrected chi connectivity index (χ2v) is 4.56. The summed E-state index contributed by atoms with van der Waals surface area (Å²) < 4.78 is 0. The van der Waals surface area contributed by atoms with E-state index in [4.69, 9.17) is 10.8 Å². The summed E-state index contributed by atoms with van der Waals surface area (Å²) in [5.41, 5.74) is 7.72. The fourth-order valence-corrected chi connectivity index (χ4v) is 1.62. The molecule has 0 spiro atoms. The minimum absolute atomic E-state index is 0. The van der Waals surface area contributed by atoms with Crippen LogP contribution in [-0.2, 0) is 17.6 Å². The molecule has 0 saturated carbocycles. The van der Waals surface area contributed by atoms with Crippen molar-refractivity contribution in [3.05, 3.63) is 35.4 Å². The first-order valence-corrected chi connectivity index (χ1v) is 5.55. The Morgan fingerprint density at radius 2 is 1.59 bits per heavy atom. The van der Waals surface area contributed by atoms with E-state index in [9.17, 15) is 4.79 Å². The first-order chi connectivity index (χ1) is 7.49. The molecule has 0 unspecified atom stereocenters. The van der Waals surface area contributed by atoms with Gasteiger partial charge in [0, 0.05) is 0 Å². The molecule has 0 amide bonds. The van der Waals surface area contributed by atoms with Crippen molar-refractivity contribution in [1.82, 2.24) is 0 Å². The van der Waals surface area contributed by atoms with E-state index in [1.54, 1.807) is 0 Å². The number of benzene rings is 1. The van der Waals surface area contributed by atoms with E-state index in [1.807, 2.05) is 24.3 Å². The van der Waals surface area contributed by atoms with Crippen molar-refractivity contribution in [3.8, 4) is 0 Å². The molecule has 3 nitrogen and oxygen atoms in total. The smallest absolute Gasteiger partial charge is 0.320 e. The van der Waals surface area contributed by atoms with Gasteiger partial charge in [-0.3, -0.25) is 4.79 Å². The maximum absolute atomic E-state index is 10.6. The Hall–Kier alpha value is -1.06. The fourth-order valence-electron chi connectivity index (χ4n) is 1.62. The Kier molecular flexibility index (Phi) is 6.85. The lowest BCUT2D eigenvalue weighted by Crippen LogP contribution is -2.32. The second-order valence-electron chi connectivity index (χ2n) is 4.56. The van der Waals surface area contributed by atoms with Crippen molar-refractivity contribution >= 4 is 18.4 Å². The minimum Gasteiger partial charge on any atom is -0.480 e. The van der Waals surface area contributed by atoms with E-state index < -0.39 is 12.0 Å². The predicted molar refractivity (Wildman–Crippen MR) is 71.5 cm³/mol. The van der Waals surface area contributed by atoms with Crippen molar-refractivity contribution in [2.75, 3.05) is 0 Å². The molecule has 0 bridgehead atoms. The summed E-state index contributed by atoms with van der Waals surface area (Å²) in [6, 6.07) is 7.20. The lowest BCUT2D eigenvalue weighted by molar-refractivity contribution is -0.138. The molecule has 1 rings (SSSR count). The monoisotopic (exact) mass is 257 g/mol. The van der Waals surface area contributed by atoms with Gasteiger partial charge in [0.1, 0.15) is 6.04 Å². The van der Waals surface area contributed by atoms with Gasteiger partial charge in [-0.1, -0.05) is 38.1 Å². The van der Waals surface area contributed by atoms with Gasteiger partial charge in [-0.05, 0) is 29.9 Å². The molecule has 3 N–H and O–H groups in total. The zero-order valence-electron chi connectivity index (χ0n) is 10.2. The van der Waals surface area contributed by atoms with Gasteiger partial charge in [-0.15, -0.1) is 12.4 Å². The first kappa shape index (κ1) is 15.9. The number of nitrogens with two attached hydrogens (primary N) is 1. The third kappa shape index (κ3) is 5.71. The zero-order chi connectivity index (χ0) is 12.1. The number of carbonyl (C=O) groups is 1. The summed E-state index contributed by atoms with van der Waals surface area (Å²) in [5, 5.41) is 8.69. The molecular weight excluding hydrogens is 238 g/mol. The van der Waals surface area contributed by atoms with Crippen LogP contribution in [0.25, 0.3) is 0 Å². The highest BCUT2D eigenvalue weighted by Crippen LogP contribution is 2.10. The highest BCUT2D eigenvalue weighted by atomic mass is 35.5. The Balaban J connectivity index is 0.00000256. The van der Waals surface area contributed by atoms with Crippen LogP contribution in [0.2, 0.25) is 0 Å². The lowest BCUT2D eigenvalue weighted by Gasteiger charge is -2.08. The van der Waals surface area contributed by atoms with Gasteiger partial charge in [0.25, 0.3) is 0 Å². The molecule has 17 heavy (non-hydrogen) atoms. The highest BCUT2D eigenvalue weighted by Gasteiger charge is 2.11. The molecule has 96 valence electrons.